The number of benzene rings is 2. The summed E-state index contributed by atoms with van der Waals surface area (Å²) < 4.78 is 5.88. The number of hydrogen-bond acceptors (Lipinski definition) is 3. The Morgan fingerprint density at radius 2 is 1.66 bits per heavy atom. The summed E-state index contributed by atoms with van der Waals surface area (Å²) in [4.78, 5) is 12.9. The van der Waals surface area contributed by atoms with Gasteiger partial charge >= 0.3 is 0 Å². The second-order valence-corrected chi connectivity index (χ2v) is 7.70. The highest BCUT2D eigenvalue weighted by Crippen LogP contribution is 2.27. The highest BCUT2D eigenvalue weighted by atomic mass is 35.5. The SMILES string of the molecule is CCCO[C@@H]1C[C@@H](C(=O)NCC(c2ccccc2)c2ccccc2)CC[C@H]1N.Cl. The summed E-state index contributed by atoms with van der Waals surface area (Å²) in [6, 6.07) is 20.8. The minimum atomic E-state index is -0.0196. The third-order valence-electron chi connectivity index (χ3n) is 5.63. The molecule has 3 atom stereocenters. The zero-order chi connectivity index (χ0) is 19.8. The average molecular weight is 417 g/mol. The van der Waals surface area contributed by atoms with Gasteiger partial charge in [0.15, 0.2) is 0 Å². The minimum Gasteiger partial charge on any atom is -0.377 e. The number of ether oxygens (including phenoxy) is 1. The first-order valence-corrected chi connectivity index (χ1v) is 10.4. The van der Waals surface area contributed by atoms with Crippen molar-refractivity contribution >= 4 is 18.3 Å². The second kappa shape index (κ2) is 12.0. The van der Waals surface area contributed by atoms with Gasteiger partial charge in [-0.05, 0) is 36.8 Å². The summed E-state index contributed by atoms with van der Waals surface area (Å²) in [5.41, 5.74) is 8.62. The van der Waals surface area contributed by atoms with Gasteiger partial charge in [0.25, 0.3) is 0 Å². The molecule has 5 heteroatoms. The molecule has 3 rings (SSSR count). The van der Waals surface area contributed by atoms with Crippen LogP contribution >= 0.6 is 12.4 Å². The van der Waals surface area contributed by atoms with Crippen LogP contribution < -0.4 is 11.1 Å². The molecule has 3 N–H and O–H groups in total. The lowest BCUT2D eigenvalue weighted by molar-refractivity contribution is -0.128. The number of nitrogens with one attached hydrogen (secondary N) is 1. The number of carbonyl (C=O) groups is 1. The first-order chi connectivity index (χ1) is 13.7. The molecule has 4 nitrogen and oxygen atoms in total. The maximum atomic E-state index is 12.9. The van der Waals surface area contributed by atoms with E-state index in [9.17, 15) is 4.79 Å². The second-order valence-electron chi connectivity index (χ2n) is 7.70. The van der Waals surface area contributed by atoms with Crippen LogP contribution in [0.5, 0.6) is 0 Å². The Balaban J connectivity index is 0.00000300. The Bertz CT molecular complexity index is 687. The summed E-state index contributed by atoms with van der Waals surface area (Å²) in [5, 5.41) is 3.21. The summed E-state index contributed by atoms with van der Waals surface area (Å²) in [7, 11) is 0. The molecule has 0 aliphatic heterocycles. The Morgan fingerprint density at radius 1 is 1.07 bits per heavy atom. The van der Waals surface area contributed by atoms with Gasteiger partial charge in [-0.1, -0.05) is 67.6 Å². The van der Waals surface area contributed by atoms with Crippen LogP contribution in [0.2, 0.25) is 0 Å². The average Bonchev–Trinajstić information content (AvgIpc) is 2.74. The Morgan fingerprint density at radius 3 is 2.21 bits per heavy atom. The zero-order valence-electron chi connectivity index (χ0n) is 17.1. The molecule has 1 saturated carbocycles. The molecule has 1 aliphatic carbocycles. The minimum absolute atomic E-state index is 0. The summed E-state index contributed by atoms with van der Waals surface area (Å²) in [5.74, 6) is 0.243. The van der Waals surface area contributed by atoms with E-state index in [4.69, 9.17) is 10.5 Å². The molecule has 1 fully saturated rings. The molecule has 0 saturated heterocycles. The highest BCUT2D eigenvalue weighted by Gasteiger charge is 2.32. The number of rotatable bonds is 8. The molecule has 29 heavy (non-hydrogen) atoms. The van der Waals surface area contributed by atoms with E-state index in [1.807, 2.05) is 36.4 Å². The van der Waals surface area contributed by atoms with E-state index in [1.54, 1.807) is 0 Å². The van der Waals surface area contributed by atoms with Gasteiger partial charge in [-0.15, -0.1) is 12.4 Å². The van der Waals surface area contributed by atoms with Gasteiger partial charge in [-0.3, -0.25) is 4.79 Å². The van der Waals surface area contributed by atoms with Crippen LogP contribution in [0.3, 0.4) is 0 Å². The van der Waals surface area contributed by atoms with Crippen LogP contribution in [0.15, 0.2) is 60.7 Å². The van der Waals surface area contributed by atoms with Crippen molar-refractivity contribution in [2.75, 3.05) is 13.2 Å². The molecule has 0 radical (unpaired) electrons. The van der Waals surface area contributed by atoms with Crippen molar-refractivity contribution in [1.82, 2.24) is 5.32 Å². The normalized spacial score (nSPS) is 21.4. The molecule has 0 spiro atoms. The number of nitrogens with two attached hydrogens (primary N) is 1. The van der Waals surface area contributed by atoms with Crippen molar-refractivity contribution in [2.24, 2.45) is 11.7 Å². The van der Waals surface area contributed by atoms with Gasteiger partial charge in [-0.25, -0.2) is 0 Å². The molecule has 2 aromatic carbocycles. The number of carbonyl (C=O) groups excluding carboxylic acids is 1. The fourth-order valence-corrected chi connectivity index (χ4v) is 4.00. The van der Waals surface area contributed by atoms with E-state index in [1.165, 1.54) is 11.1 Å². The predicted molar refractivity (Wildman–Crippen MR) is 120 cm³/mol. The quantitative estimate of drug-likeness (QED) is 0.675. The van der Waals surface area contributed by atoms with Crippen molar-refractivity contribution in [2.45, 2.75) is 50.7 Å². The molecule has 0 bridgehead atoms. The Hall–Kier alpha value is -1.88. The predicted octanol–water partition coefficient (Wildman–Crippen LogP) is 4.28. The zero-order valence-corrected chi connectivity index (χ0v) is 17.9. The summed E-state index contributed by atoms with van der Waals surface area (Å²) >= 11 is 0. The van der Waals surface area contributed by atoms with Gasteiger partial charge < -0.3 is 15.8 Å². The van der Waals surface area contributed by atoms with E-state index >= 15 is 0 Å². The number of amides is 1. The fraction of sp³-hybridized carbons (Fsp3) is 0.458. The van der Waals surface area contributed by atoms with Crippen molar-refractivity contribution in [3.8, 4) is 0 Å². The van der Waals surface area contributed by atoms with Crippen LogP contribution in [0.25, 0.3) is 0 Å². The van der Waals surface area contributed by atoms with Gasteiger partial charge in [-0.2, -0.15) is 0 Å². The molecule has 0 heterocycles. The number of hydrogen-bond donors (Lipinski definition) is 2. The Labute approximate surface area is 180 Å². The van der Waals surface area contributed by atoms with Crippen molar-refractivity contribution in [3.05, 3.63) is 71.8 Å². The van der Waals surface area contributed by atoms with Gasteiger partial charge in [0.05, 0.1) is 6.10 Å². The van der Waals surface area contributed by atoms with Crippen molar-refractivity contribution in [1.29, 1.82) is 0 Å². The lowest BCUT2D eigenvalue weighted by Crippen LogP contribution is -2.46. The first-order valence-electron chi connectivity index (χ1n) is 10.4. The molecule has 0 unspecified atom stereocenters. The third-order valence-corrected chi connectivity index (χ3v) is 5.63. The van der Waals surface area contributed by atoms with Gasteiger partial charge in [0, 0.05) is 31.0 Å². The topological polar surface area (TPSA) is 64.3 Å². The van der Waals surface area contributed by atoms with E-state index < -0.39 is 0 Å². The molecule has 0 aromatic heterocycles. The van der Waals surface area contributed by atoms with Crippen molar-refractivity contribution < 1.29 is 9.53 Å². The van der Waals surface area contributed by atoms with E-state index in [0.29, 0.717) is 19.6 Å². The maximum absolute atomic E-state index is 12.9. The van der Waals surface area contributed by atoms with Crippen LogP contribution in [0, 0.1) is 5.92 Å². The first kappa shape index (κ1) is 23.4. The summed E-state index contributed by atoms with van der Waals surface area (Å²) in [6.45, 7) is 3.39. The molecule has 1 amide bonds. The molecule has 1 aliphatic rings. The Kier molecular flexibility index (Phi) is 9.65. The van der Waals surface area contributed by atoms with Crippen LogP contribution in [0.4, 0.5) is 0 Å². The van der Waals surface area contributed by atoms with E-state index in [-0.39, 0.29) is 42.3 Å². The van der Waals surface area contributed by atoms with Gasteiger partial charge in [0.1, 0.15) is 0 Å². The van der Waals surface area contributed by atoms with E-state index in [2.05, 4.69) is 36.5 Å². The largest absolute Gasteiger partial charge is 0.377 e. The maximum Gasteiger partial charge on any atom is 0.223 e. The molecular formula is C24H33ClN2O2. The van der Waals surface area contributed by atoms with Crippen molar-refractivity contribution in [3.63, 3.8) is 0 Å². The van der Waals surface area contributed by atoms with Gasteiger partial charge in [0.2, 0.25) is 5.91 Å². The number of halogens is 1. The molecule has 158 valence electrons. The lowest BCUT2D eigenvalue weighted by Gasteiger charge is -2.33. The third kappa shape index (κ3) is 6.56. The van der Waals surface area contributed by atoms with Crippen LogP contribution in [0.1, 0.15) is 49.7 Å². The highest BCUT2D eigenvalue weighted by molar-refractivity contribution is 5.85. The van der Waals surface area contributed by atoms with Crippen LogP contribution in [-0.4, -0.2) is 31.2 Å². The fourth-order valence-electron chi connectivity index (χ4n) is 4.00. The molecular weight excluding hydrogens is 384 g/mol. The monoisotopic (exact) mass is 416 g/mol. The van der Waals surface area contributed by atoms with Crippen LogP contribution in [-0.2, 0) is 9.53 Å². The summed E-state index contributed by atoms with van der Waals surface area (Å²) in [6.07, 6.45) is 3.35. The molecule has 2 aromatic rings. The standard InChI is InChI=1S/C24H32N2O2.ClH/c1-2-15-28-23-16-20(13-14-22(23)25)24(27)26-17-21(18-9-5-3-6-10-18)19-11-7-4-8-12-19;/h3-12,20-23H,2,13-17,25H2,1H3,(H,26,27);1H/t20-,22+,23+;/m0./s1. The van der Waals surface area contributed by atoms with E-state index in [0.717, 1.165) is 19.3 Å². The lowest BCUT2D eigenvalue weighted by atomic mass is 9.83. The smallest absolute Gasteiger partial charge is 0.223 e.